The average Bonchev–Trinajstić information content (AvgIpc) is 2.99. The molecule has 6 aromatic rings. The molecular formula is C34H26N2O2S. The van der Waals surface area contributed by atoms with E-state index in [2.05, 4.69) is 30.3 Å². The first-order valence-electron chi connectivity index (χ1n) is 12.8. The fourth-order valence-electron chi connectivity index (χ4n) is 4.82. The molecule has 0 aromatic heterocycles. The van der Waals surface area contributed by atoms with Gasteiger partial charge >= 0.3 is 0 Å². The van der Waals surface area contributed by atoms with E-state index in [1.54, 1.807) is 24.3 Å². The molecule has 4 nitrogen and oxygen atoms in total. The summed E-state index contributed by atoms with van der Waals surface area (Å²) < 4.78 is 28.8. The quantitative estimate of drug-likeness (QED) is 0.156. The van der Waals surface area contributed by atoms with Crippen LogP contribution in [0.4, 0.5) is 11.4 Å². The Morgan fingerprint density at radius 3 is 1.77 bits per heavy atom. The van der Waals surface area contributed by atoms with Crippen molar-refractivity contribution in [1.29, 1.82) is 0 Å². The minimum Gasteiger partial charge on any atom is -0.262 e. The number of benzene rings is 6. The molecule has 0 aliphatic rings. The minimum absolute atomic E-state index is 0.225. The average molecular weight is 527 g/mol. The summed E-state index contributed by atoms with van der Waals surface area (Å²) in [7, 11) is -3.77. The Labute approximate surface area is 228 Å². The number of nitrogens with zero attached hydrogens (tertiary/aromatic N) is 2. The van der Waals surface area contributed by atoms with Crippen LogP contribution in [0.2, 0.25) is 0 Å². The van der Waals surface area contributed by atoms with Crippen LogP contribution < -0.4 is 4.31 Å². The first-order chi connectivity index (χ1) is 19.1. The van der Waals surface area contributed by atoms with E-state index in [-0.39, 0.29) is 11.4 Å². The highest BCUT2D eigenvalue weighted by Crippen LogP contribution is 2.30. The van der Waals surface area contributed by atoms with E-state index in [1.807, 2.05) is 91.1 Å². The summed E-state index contributed by atoms with van der Waals surface area (Å²) in [5.74, 6) is 0. The van der Waals surface area contributed by atoms with Crippen LogP contribution in [-0.4, -0.2) is 14.6 Å². The number of hydrogen-bond donors (Lipinski definition) is 0. The van der Waals surface area contributed by atoms with Crippen LogP contribution in [0.25, 0.3) is 21.5 Å². The van der Waals surface area contributed by atoms with Crippen LogP contribution in [0.1, 0.15) is 11.1 Å². The van der Waals surface area contributed by atoms with E-state index in [4.69, 9.17) is 4.99 Å². The van der Waals surface area contributed by atoms with E-state index >= 15 is 0 Å². The number of anilines is 1. The summed E-state index contributed by atoms with van der Waals surface area (Å²) in [6.07, 6.45) is 1.90. The maximum Gasteiger partial charge on any atom is 0.264 e. The zero-order chi connectivity index (χ0) is 26.7. The van der Waals surface area contributed by atoms with E-state index in [0.29, 0.717) is 5.69 Å². The first-order valence-corrected chi connectivity index (χ1v) is 14.2. The molecule has 0 aliphatic heterocycles. The second kappa shape index (κ2) is 10.6. The molecule has 0 amide bonds. The summed E-state index contributed by atoms with van der Waals surface area (Å²) in [5.41, 5.74) is 3.29. The molecule has 0 spiro atoms. The lowest BCUT2D eigenvalue weighted by atomic mass is 9.97. The molecule has 0 saturated carbocycles. The van der Waals surface area contributed by atoms with Crippen LogP contribution in [0.3, 0.4) is 0 Å². The lowest BCUT2D eigenvalue weighted by molar-refractivity contribution is 0.590. The van der Waals surface area contributed by atoms with Gasteiger partial charge in [0.25, 0.3) is 10.0 Å². The van der Waals surface area contributed by atoms with E-state index in [0.717, 1.165) is 38.4 Å². The summed E-state index contributed by atoms with van der Waals surface area (Å²) in [4.78, 5) is 5.04. The maximum absolute atomic E-state index is 13.7. The van der Waals surface area contributed by atoms with Gasteiger partial charge in [0.05, 0.1) is 22.8 Å². The smallest absolute Gasteiger partial charge is 0.262 e. The molecule has 0 fully saturated rings. The molecule has 0 unspecified atom stereocenters. The SMILES string of the molecule is O=S(=O)(c1ccccc1)N(Cc1ccccc1)c1ccc(N=Cc2c3ccccc3cc3ccccc23)cc1. The first kappa shape index (κ1) is 24.6. The van der Waals surface area contributed by atoms with Gasteiger partial charge in [-0.3, -0.25) is 9.30 Å². The lowest BCUT2D eigenvalue weighted by Gasteiger charge is -2.25. The molecular weight excluding hydrogens is 500 g/mol. The van der Waals surface area contributed by atoms with Gasteiger partial charge in [0.1, 0.15) is 0 Å². The van der Waals surface area contributed by atoms with Crippen LogP contribution in [0, 0.1) is 0 Å². The Morgan fingerprint density at radius 1 is 0.615 bits per heavy atom. The Balaban J connectivity index is 1.37. The van der Waals surface area contributed by atoms with Crippen LogP contribution in [0.5, 0.6) is 0 Å². The highest BCUT2D eigenvalue weighted by Gasteiger charge is 2.25. The van der Waals surface area contributed by atoms with Gasteiger partial charge in [-0.2, -0.15) is 0 Å². The van der Waals surface area contributed by atoms with E-state index in [9.17, 15) is 8.42 Å². The number of aliphatic imine (C=N–C) groups is 1. The zero-order valence-corrected chi connectivity index (χ0v) is 22.0. The normalized spacial score (nSPS) is 11.8. The van der Waals surface area contributed by atoms with Crippen molar-refractivity contribution in [3.8, 4) is 0 Å². The molecule has 0 atom stereocenters. The van der Waals surface area contributed by atoms with Crippen molar-refractivity contribution in [2.75, 3.05) is 4.31 Å². The fraction of sp³-hybridized carbons (Fsp3) is 0.0294. The number of hydrogen-bond acceptors (Lipinski definition) is 3. The monoisotopic (exact) mass is 526 g/mol. The molecule has 5 heteroatoms. The Bertz CT molecular complexity index is 1830. The maximum atomic E-state index is 13.7. The van der Waals surface area contributed by atoms with Crippen molar-refractivity contribution in [1.82, 2.24) is 0 Å². The predicted molar refractivity (Wildman–Crippen MR) is 161 cm³/mol. The molecule has 0 saturated heterocycles. The van der Waals surface area contributed by atoms with Crippen molar-refractivity contribution >= 4 is 49.2 Å². The van der Waals surface area contributed by atoms with Crippen LogP contribution in [0.15, 0.2) is 149 Å². The number of sulfonamides is 1. The van der Waals surface area contributed by atoms with Gasteiger partial charge in [-0.05, 0) is 69.6 Å². The summed E-state index contributed by atoms with van der Waals surface area (Å²) >= 11 is 0. The Morgan fingerprint density at radius 2 is 1.15 bits per heavy atom. The summed E-state index contributed by atoms with van der Waals surface area (Å²) in [6, 6.07) is 44.3. The van der Waals surface area contributed by atoms with Gasteiger partial charge in [0, 0.05) is 11.8 Å². The minimum atomic E-state index is -3.77. The van der Waals surface area contributed by atoms with Gasteiger partial charge in [-0.25, -0.2) is 8.42 Å². The van der Waals surface area contributed by atoms with Gasteiger partial charge in [-0.15, -0.1) is 0 Å². The standard InChI is InChI=1S/C34H26N2O2S/c37-39(38,31-15-5-2-6-16-31)36(25-26-11-3-1-4-12-26)30-21-19-29(20-22-30)35-24-34-32-17-9-7-13-27(32)23-28-14-8-10-18-33(28)34/h1-24H,25H2. The van der Waals surface area contributed by atoms with Crippen molar-refractivity contribution in [3.63, 3.8) is 0 Å². The fourth-order valence-corrected chi connectivity index (χ4v) is 6.29. The molecule has 0 aliphatic carbocycles. The van der Waals surface area contributed by atoms with Gasteiger partial charge < -0.3 is 0 Å². The summed E-state index contributed by atoms with van der Waals surface area (Å²) in [5, 5.41) is 4.60. The molecule has 6 aromatic carbocycles. The molecule has 0 radical (unpaired) electrons. The van der Waals surface area contributed by atoms with Gasteiger partial charge in [0.2, 0.25) is 0 Å². The number of rotatable bonds is 7. The Kier molecular flexibility index (Phi) is 6.66. The highest BCUT2D eigenvalue weighted by atomic mass is 32.2. The second-order valence-corrected chi connectivity index (χ2v) is 11.2. The molecule has 0 bridgehead atoms. The third-order valence-corrected chi connectivity index (χ3v) is 8.58. The second-order valence-electron chi connectivity index (χ2n) is 9.32. The van der Waals surface area contributed by atoms with Crippen molar-refractivity contribution < 1.29 is 8.42 Å². The van der Waals surface area contributed by atoms with E-state index < -0.39 is 10.0 Å². The van der Waals surface area contributed by atoms with Crippen molar-refractivity contribution in [3.05, 3.63) is 151 Å². The summed E-state index contributed by atoms with van der Waals surface area (Å²) in [6.45, 7) is 0.225. The largest absolute Gasteiger partial charge is 0.264 e. The van der Waals surface area contributed by atoms with Gasteiger partial charge in [-0.1, -0.05) is 97.1 Å². The van der Waals surface area contributed by atoms with Crippen LogP contribution in [-0.2, 0) is 16.6 Å². The third-order valence-electron chi connectivity index (χ3n) is 6.79. The number of fused-ring (bicyclic) bond motifs is 2. The molecule has 0 heterocycles. The predicted octanol–water partition coefficient (Wildman–Crippen LogP) is 8.14. The molecule has 0 N–H and O–H groups in total. The third kappa shape index (κ3) is 5.05. The molecule has 190 valence electrons. The molecule has 39 heavy (non-hydrogen) atoms. The topological polar surface area (TPSA) is 49.7 Å². The van der Waals surface area contributed by atoms with Crippen LogP contribution >= 0.6 is 0 Å². The lowest BCUT2D eigenvalue weighted by Crippen LogP contribution is -2.30. The zero-order valence-electron chi connectivity index (χ0n) is 21.2. The van der Waals surface area contributed by atoms with Crippen molar-refractivity contribution in [2.45, 2.75) is 11.4 Å². The Hall–Kier alpha value is -4.74. The van der Waals surface area contributed by atoms with E-state index in [1.165, 1.54) is 4.31 Å². The van der Waals surface area contributed by atoms with Gasteiger partial charge in [0.15, 0.2) is 0 Å². The van der Waals surface area contributed by atoms with Crippen molar-refractivity contribution in [2.24, 2.45) is 4.99 Å². The molecule has 6 rings (SSSR count). The highest BCUT2D eigenvalue weighted by molar-refractivity contribution is 7.92.